The molecule has 1 atom stereocenters. The molecule has 4 rings (SSSR count). The van der Waals surface area contributed by atoms with Crippen molar-refractivity contribution >= 4 is 28.5 Å². The Balaban J connectivity index is 1.41. The zero-order valence-electron chi connectivity index (χ0n) is 17.4. The fraction of sp³-hybridized carbons (Fsp3) is 0.524. The summed E-state index contributed by atoms with van der Waals surface area (Å²) < 4.78 is 9.81. The predicted octanol–water partition coefficient (Wildman–Crippen LogP) is 1.80. The van der Waals surface area contributed by atoms with Crippen molar-refractivity contribution in [2.75, 3.05) is 44.7 Å². The first-order valence-electron chi connectivity index (χ1n) is 10.3. The molecule has 2 saturated heterocycles. The number of hydrogen-bond donors (Lipinski definition) is 0. The van der Waals surface area contributed by atoms with Crippen LogP contribution in [0.1, 0.15) is 31.2 Å². The molecule has 0 saturated carbocycles. The van der Waals surface area contributed by atoms with Crippen molar-refractivity contribution in [3.63, 3.8) is 0 Å². The number of piperazine rings is 1. The van der Waals surface area contributed by atoms with Crippen molar-refractivity contribution in [3.8, 4) is 5.75 Å². The normalized spacial score (nSPS) is 19.3. The number of ether oxygens (including phenoxy) is 1. The molecule has 2 aliphatic rings. The number of benzene rings is 1. The second kappa shape index (κ2) is 8.99. The fourth-order valence-electron chi connectivity index (χ4n) is 4.10. The largest absolute Gasteiger partial charge is 0.497 e. The molecule has 3 heterocycles. The van der Waals surface area contributed by atoms with Gasteiger partial charge in [-0.2, -0.15) is 4.37 Å². The second-order valence-corrected chi connectivity index (χ2v) is 8.43. The maximum absolute atomic E-state index is 13.2. The summed E-state index contributed by atoms with van der Waals surface area (Å²) in [5.74, 6) is 1.79. The van der Waals surface area contributed by atoms with E-state index in [1.54, 1.807) is 18.9 Å². The topological polar surface area (TPSA) is 78.9 Å². The van der Waals surface area contributed by atoms with Gasteiger partial charge in [0, 0.05) is 57.6 Å². The molecule has 0 N–H and O–H groups in total. The van der Waals surface area contributed by atoms with Gasteiger partial charge >= 0.3 is 0 Å². The van der Waals surface area contributed by atoms with Crippen LogP contribution in [0.3, 0.4) is 0 Å². The minimum Gasteiger partial charge on any atom is -0.497 e. The number of rotatable bonds is 5. The molecule has 160 valence electrons. The molecule has 2 amide bonds. The monoisotopic (exact) mass is 429 g/mol. The molecule has 1 unspecified atom stereocenters. The zero-order chi connectivity index (χ0) is 21.1. The lowest BCUT2D eigenvalue weighted by molar-refractivity contribution is -0.139. The summed E-state index contributed by atoms with van der Waals surface area (Å²) >= 11 is 1.36. The van der Waals surface area contributed by atoms with Crippen molar-refractivity contribution in [1.29, 1.82) is 0 Å². The van der Waals surface area contributed by atoms with Crippen LogP contribution in [-0.2, 0) is 16.0 Å². The van der Waals surface area contributed by atoms with Gasteiger partial charge < -0.3 is 19.4 Å². The number of amides is 2. The Kier molecular flexibility index (Phi) is 6.17. The lowest BCUT2D eigenvalue weighted by atomic mass is 10.1. The van der Waals surface area contributed by atoms with Crippen LogP contribution >= 0.6 is 11.5 Å². The second-order valence-electron chi connectivity index (χ2n) is 7.70. The third-order valence-electron chi connectivity index (χ3n) is 5.77. The third-order valence-corrected chi connectivity index (χ3v) is 6.57. The van der Waals surface area contributed by atoms with Crippen molar-refractivity contribution in [1.82, 2.24) is 19.2 Å². The zero-order valence-corrected chi connectivity index (χ0v) is 18.2. The molecule has 0 radical (unpaired) electrons. The highest BCUT2D eigenvalue weighted by Gasteiger charge is 2.36. The fourth-order valence-corrected chi connectivity index (χ4v) is 4.87. The predicted molar refractivity (Wildman–Crippen MR) is 115 cm³/mol. The lowest BCUT2D eigenvalue weighted by Crippen LogP contribution is -2.54. The van der Waals surface area contributed by atoms with Crippen LogP contribution in [0.2, 0.25) is 0 Å². The van der Waals surface area contributed by atoms with Gasteiger partial charge in [0.15, 0.2) is 0 Å². The molecular formula is C21H27N5O3S. The van der Waals surface area contributed by atoms with E-state index in [2.05, 4.69) is 9.27 Å². The summed E-state index contributed by atoms with van der Waals surface area (Å²) in [6.07, 6.45) is 2.43. The first kappa shape index (κ1) is 20.6. The number of carbonyl (C=O) groups excluding carboxylic acids is 2. The molecule has 1 aromatic heterocycles. The van der Waals surface area contributed by atoms with Crippen molar-refractivity contribution in [2.24, 2.45) is 0 Å². The molecule has 2 fully saturated rings. The maximum atomic E-state index is 13.2. The Hall–Kier alpha value is -2.68. The van der Waals surface area contributed by atoms with E-state index in [0.717, 1.165) is 41.7 Å². The van der Waals surface area contributed by atoms with E-state index in [-0.39, 0.29) is 17.9 Å². The summed E-state index contributed by atoms with van der Waals surface area (Å²) in [4.78, 5) is 35.2. The average molecular weight is 430 g/mol. The average Bonchev–Trinajstić information content (AvgIpc) is 3.43. The van der Waals surface area contributed by atoms with E-state index in [4.69, 9.17) is 9.72 Å². The Bertz CT molecular complexity index is 910. The van der Waals surface area contributed by atoms with Gasteiger partial charge in [-0.15, -0.1) is 0 Å². The minimum atomic E-state index is -0.188. The first-order chi connectivity index (χ1) is 14.5. The minimum absolute atomic E-state index is 0.0713. The molecule has 0 aliphatic carbocycles. The highest BCUT2D eigenvalue weighted by atomic mass is 32.1. The van der Waals surface area contributed by atoms with E-state index in [9.17, 15) is 9.59 Å². The maximum Gasteiger partial charge on any atom is 0.245 e. The number of aromatic nitrogens is 2. The molecule has 2 aromatic rings. The molecule has 30 heavy (non-hydrogen) atoms. The summed E-state index contributed by atoms with van der Waals surface area (Å²) in [5.41, 5.74) is 1.09. The van der Waals surface area contributed by atoms with Gasteiger partial charge in [0.1, 0.15) is 17.6 Å². The first-order valence-corrected chi connectivity index (χ1v) is 11.1. The van der Waals surface area contributed by atoms with Crippen LogP contribution < -0.4 is 9.64 Å². The summed E-state index contributed by atoms with van der Waals surface area (Å²) in [5, 5.41) is 0.811. The van der Waals surface area contributed by atoms with Crippen LogP contribution in [0.15, 0.2) is 24.3 Å². The molecule has 1 aromatic carbocycles. The van der Waals surface area contributed by atoms with Crippen LogP contribution in [0.4, 0.5) is 5.13 Å². The summed E-state index contributed by atoms with van der Waals surface area (Å²) in [6, 6.07) is 7.71. The number of carbonyl (C=O) groups is 2. The molecule has 9 heteroatoms. The van der Waals surface area contributed by atoms with Gasteiger partial charge in [-0.05, 0) is 30.5 Å². The van der Waals surface area contributed by atoms with E-state index in [1.807, 2.05) is 29.2 Å². The van der Waals surface area contributed by atoms with Crippen LogP contribution in [0.25, 0.3) is 0 Å². The van der Waals surface area contributed by atoms with Gasteiger partial charge in [0.25, 0.3) is 0 Å². The summed E-state index contributed by atoms with van der Waals surface area (Å²) in [7, 11) is 1.66. The quantitative estimate of drug-likeness (QED) is 0.721. The van der Waals surface area contributed by atoms with E-state index in [0.29, 0.717) is 32.6 Å². The van der Waals surface area contributed by atoms with Crippen molar-refractivity contribution < 1.29 is 14.3 Å². The molecule has 2 aliphatic heterocycles. The smallest absolute Gasteiger partial charge is 0.245 e. The van der Waals surface area contributed by atoms with Gasteiger partial charge in [-0.1, -0.05) is 12.1 Å². The van der Waals surface area contributed by atoms with Crippen molar-refractivity contribution in [3.05, 3.63) is 35.7 Å². The van der Waals surface area contributed by atoms with Gasteiger partial charge in [-0.25, -0.2) is 4.98 Å². The number of hydrogen-bond acceptors (Lipinski definition) is 7. The molecule has 8 nitrogen and oxygen atoms in total. The SMILES string of the molecule is COc1cccc(Cc2nsc(N3CCCC3C(=O)N3CCN(C(C)=O)CC3)n2)c1. The molecule has 0 spiro atoms. The Labute approximate surface area is 180 Å². The van der Waals surface area contributed by atoms with E-state index >= 15 is 0 Å². The number of anilines is 1. The van der Waals surface area contributed by atoms with Gasteiger partial charge in [0.05, 0.1) is 7.11 Å². The summed E-state index contributed by atoms with van der Waals surface area (Å²) in [6.45, 7) is 4.81. The number of nitrogens with zero attached hydrogens (tertiary/aromatic N) is 5. The third kappa shape index (κ3) is 4.40. The Morgan fingerprint density at radius 2 is 1.93 bits per heavy atom. The molecule has 0 bridgehead atoms. The Morgan fingerprint density at radius 3 is 2.67 bits per heavy atom. The highest BCUT2D eigenvalue weighted by molar-refractivity contribution is 7.09. The molecular weight excluding hydrogens is 402 g/mol. The van der Waals surface area contributed by atoms with E-state index < -0.39 is 0 Å². The lowest BCUT2D eigenvalue weighted by Gasteiger charge is -2.36. The van der Waals surface area contributed by atoms with Gasteiger partial charge in [0.2, 0.25) is 16.9 Å². The van der Waals surface area contributed by atoms with Gasteiger partial charge in [-0.3, -0.25) is 9.59 Å². The van der Waals surface area contributed by atoms with Crippen LogP contribution in [0.5, 0.6) is 5.75 Å². The number of methoxy groups -OCH3 is 1. The standard InChI is InChI=1S/C21H27N5O3S/c1-15(27)24-9-11-25(12-10-24)20(28)18-7-4-8-26(18)21-22-19(23-30-21)14-16-5-3-6-17(13-16)29-2/h3,5-6,13,18H,4,7-12,14H2,1-2H3. The highest BCUT2D eigenvalue weighted by Crippen LogP contribution is 2.29. The Morgan fingerprint density at radius 1 is 1.17 bits per heavy atom. The van der Waals surface area contributed by atoms with Crippen molar-refractivity contribution in [2.45, 2.75) is 32.2 Å². The van der Waals surface area contributed by atoms with E-state index in [1.165, 1.54) is 11.5 Å². The van der Waals surface area contributed by atoms with Crippen LogP contribution in [0, 0.1) is 0 Å². The van der Waals surface area contributed by atoms with Crippen LogP contribution in [-0.4, -0.2) is 76.8 Å².